The molecule has 0 fully saturated rings. The molecule has 0 amide bonds. The third kappa shape index (κ3) is 4.81. The summed E-state index contributed by atoms with van der Waals surface area (Å²) >= 11 is 0. The van der Waals surface area contributed by atoms with Crippen molar-refractivity contribution in [2.24, 2.45) is 10.7 Å². The average molecular weight is 383 g/mol. The fourth-order valence-corrected chi connectivity index (χ4v) is 2.47. The van der Waals surface area contributed by atoms with Crippen LogP contribution in [-0.4, -0.2) is 27.7 Å². The molecule has 5 nitrogen and oxygen atoms in total. The van der Waals surface area contributed by atoms with Gasteiger partial charge in [-0.1, -0.05) is 12.1 Å². The minimum absolute atomic E-state index is 0. The molecule has 3 N–H and O–H groups in total. The summed E-state index contributed by atoms with van der Waals surface area (Å²) in [5.74, 6) is 0.356. The molecule has 7 heteroatoms. The number of hydrogen-bond acceptors (Lipinski definition) is 3. The van der Waals surface area contributed by atoms with Gasteiger partial charge >= 0.3 is 0 Å². The number of rotatable bonds is 3. The van der Waals surface area contributed by atoms with Crippen LogP contribution in [0.15, 0.2) is 28.1 Å². The van der Waals surface area contributed by atoms with Crippen LogP contribution in [0.3, 0.4) is 0 Å². The van der Waals surface area contributed by atoms with Gasteiger partial charge in [0, 0.05) is 19.8 Å². The molecule has 0 spiro atoms. The Morgan fingerprint density at radius 1 is 1.44 bits per heavy atom. The Labute approximate surface area is 125 Å². The fourth-order valence-electron chi connectivity index (χ4n) is 1.51. The Kier molecular flexibility index (Phi) is 6.61. The van der Waals surface area contributed by atoms with Crippen LogP contribution in [0.2, 0.25) is 0 Å². The topological polar surface area (TPSA) is 84.5 Å². The molecule has 1 aromatic rings. The molecule has 0 aliphatic rings. The molecule has 0 unspecified atom stereocenters. The molecular weight excluding hydrogens is 365 g/mol. The average Bonchev–Trinajstić information content (AvgIpc) is 2.24. The number of aryl methyl sites for hydroxylation is 1. The monoisotopic (exact) mass is 383 g/mol. The van der Waals surface area contributed by atoms with Crippen LogP contribution >= 0.6 is 24.0 Å². The van der Waals surface area contributed by atoms with E-state index in [1.165, 1.54) is 6.26 Å². The van der Waals surface area contributed by atoms with E-state index in [1.807, 2.05) is 6.07 Å². The fraction of sp³-hybridized carbons (Fsp3) is 0.364. The Balaban J connectivity index is 0.00000289. The first-order valence-corrected chi connectivity index (χ1v) is 6.99. The number of sulfone groups is 1. The second kappa shape index (κ2) is 6.93. The van der Waals surface area contributed by atoms with E-state index in [2.05, 4.69) is 10.3 Å². The van der Waals surface area contributed by atoms with E-state index < -0.39 is 9.84 Å². The summed E-state index contributed by atoms with van der Waals surface area (Å²) in [4.78, 5) is 4.13. The molecule has 1 aromatic carbocycles. The third-order valence-electron chi connectivity index (χ3n) is 2.35. The molecular formula is C11H18IN3O2S. The van der Waals surface area contributed by atoms with Crippen molar-refractivity contribution >= 4 is 39.8 Å². The van der Waals surface area contributed by atoms with E-state index in [9.17, 15) is 8.42 Å². The van der Waals surface area contributed by atoms with Gasteiger partial charge in [-0.25, -0.2) is 8.42 Å². The van der Waals surface area contributed by atoms with E-state index >= 15 is 0 Å². The highest BCUT2D eigenvalue weighted by Gasteiger charge is 2.10. The molecule has 0 saturated carbocycles. The molecule has 0 bridgehead atoms. The lowest BCUT2D eigenvalue weighted by atomic mass is 10.1. The maximum absolute atomic E-state index is 11.4. The summed E-state index contributed by atoms with van der Waals surface area (Å²) in [5, 5.41) is 2.91. The Bertz CT molecular complexity index is 541. The molecule has 0 atom stereocenters. The van der Waals surface area contributed by atoms with Gasteiger partial charge in [0.2, 0.25) is 0 Å². The predicted molar refractivity (Wildman–Crippen MR) is 84.1 cm³/mol. The molecule has 0 saturated heterocycles. The first-order valence-electron chi connectivity index (χ1n) is 5.10. The van der Waals surface area contributed by atoms with Gasteiger partial charge in [-0.2, -0.15) is 0 Å². The highest BCUT2D eigenvalue weighted by Crippen LogP contribution is 2.16. The summed E-state index contributed by atoms with van der Waals surface area (Å²) in [6.45, 7) is 2.30. The van der Waals surface area contributed by atoms with Gasteiger partial charge in [0.25, 0.3) is 0 Å². The number of nitrogens with one attached hydrogen (secondary N) is 1. The van der Waals surface area contributed by atoms with Gasteiger partial charge in [0.15, 0.2) is 15.8 Å². The maximum atomic E-state index is 11.4. The first-order chi connectivity index (χ1) is 7.84. The van der Waals surface area contributed by atoms with E-state index in [4.69, 9.17) is 5.73 Å². The Hall–Kier alpha value is -0.830. The number of nitrogens with two attached hydrogens (primary N) is 1. The zero-order valence-electron chi connectivity index (χ0n) is 10.6. The van der Waals surface area contributed by atoms with E-state index in [-0.39, 0.29) is 24.0 Å². The third-order valence-corrected chi connectivity index (χ3v) is 3.61. The van der Waals surface area contributed by atoms with Crippen LogP contribution in [-0.2, 0) is 16.4 Å². The zero-order chi connectivity index (χ0) is 13.1. The van der Waals surface area contributed by atoms with Crippen molar-refractivity contribution in [3.8, 4) is 0 Å². The second-order valence-electron chi connectivity index (χ2n) is 3.83. The van der Waals surface area contributed by atoms with Crippen LogP contribution in [0, 0.1) is 6.92 Å². The van der Waals surface area contributed by atoms with E-state index in [0.29, 0.717) is 17.4 Å². The van der Waals surface area contributed by atoms with E-state index in [1.54, 1.807) is 26.1 Å². The minimum Gasteiger partial charge on any atom is -0.370 e. The number of nitrogens with zero attached hydrogens (tertiary/aromatic N) is 1. The van der Waals surface area contributed by atoms with Crippen molar-refractivity contribution < 1.29 is 8.42 Å². The number of hydrogen-bond donors (Lipinski definition) is 2. The van der Waals surface area contributed by atoms with Crippen molar-refractivity contribution in [1.82, 2.24) is 5.32 Å². The van der Waals surface area contributed by atoms with Gasteiger partial charge in [0.05, 0.1) is 4.90 Å². The highest BCUT2D eigenvalue weighted by atomic mass is 127. The molecule has 0 heterocycles. The lowest BCUT2D eigenvalue weighted by Crippen LogP contribution is -2.30. The van der Waals surface area contributed by atoms with Gasteiger partial charge < -0.3 is 11.1 Å². The number of halogens is 1. The number of benzene rings is 1. The highest BCUT2D eigenvalue weighted by molar-refractivity contribution is 14.0. The molecule has 1 rings (SSSR count). The van der Waals surface area contributed by atoms with Crippen molar-refractivity contribution in [1.29, 1.82) is 0 Å². The second-order valence-corrected chi connectivity index (χ2v) is 5.82. The first kappa shape index (κ1) is 17.2. The normalized spacial score (nSPS) is 11.8. The summed E-state index contributed by atoms with van der Waals surface area (Å²) < 4.78 is 22.8. The van der Waals surface area contributed by atoms with Crippen LogP contribution in [0.25, 0.3) is 0 Å². The molecule has 0 aliphatic carbocycles. The Morgan fingerprint density at radius 3 is 2.50 bits per heavy atom. The van der Waals surface area contributed by atoms with Gasteiger partial charge in [-0.05, 0) is 24.1 Å². The van der Waals surface area contributed by atoms with Gasteiger partial charge in [-0.15, -0.1) is 24.0 Å². The smallest absolute Gasteiger partial charge is 0.188 e. The van der Waals surface area contributed by atoms with Gasteiger partial charge in [0.1, 0.15) is 0 Å². The van der Waals surface area contributed by atoms with Crippen LogP contribution in [0.4, 0.5) is 0 Å². The summed E-state index contributed by atoms with van der Waals surface area (Å²) in [6.07, 6.45) is 1.20. The molecule has 0 aromatic heterocycles. The predicted octanol–water partition coefficient (Wildman–Crippen LogP) is 1.05. The van der Waals surface area contributed by atoms with Crippen LogP contribution < -0.4 is 11.1 Å². The molecule has 102 valence electrons. The quantitative estimate of drug-likeness (QED) is 0.464. The molecule has 0 aliphatic heterocycles. The summed E-state index contributed by atoms with van der Waals surface area (Å²) in [6, 6.07) is 5.20. The number of aliphatic imine (C=N–C) groups is 1. The van der Waals surface area contributed by atoms with Crippen molar-refractivity contribution in [3.63, 3.8) is 0 Å². The minimum atomic E-state index is -3.16. The van der Waals surface area contributed by atoms with Gasteiger partial charge in [-0.3, -0.25) is 4.99 Å². The lowest BCUT2D eigenvalue weighted by Gasteiger charge is -2.08. The van der Waals surface area contributed by atoms with Crippen molar-refractivity contribution in [2.45, 2.75) is 18.4 Å². The molecule has 0 radical (unpaired) electrons. The van der Waals surface area contributed by atoms with Crippen molar-refractivity contribution in [3.05, 3.63) is 29.3 Å². The maximum Gasteiger partial charge on any atom is 0.188 e. The summed E-state index contributed by atoms with van der Waals surface area (Å²) in [5.41, 5.74) is 7.20. The van der Waals surface area contributed by atoms with Crippen LogP contribution in [0.1, 0.15) is 11.1 Å². The number of guanidine groups is 1. The Morgan fingerprint density at radius 2 is 2.06 bits per heavy atom. The van der Waals surface area contributed by atoms with E-state index in [0.717, 1.165) is 11.1 Å². The molecule has 18 heavy (non-hydrogen) atoms. The lowest BCUT2D eigenvalue weighted by molar-refractivity contribution is 0.601. The van der Waals surface area contributed by atoms with Crippen LogP contribution in [0.5, 0.6) is 0 Å². The summed E-state index contributed by atoms with van der Waals surface area (Å²) in [7, 11) is -1.56. The SMILES string of the molecule is CN=C(N)NCc1ccc(S(C)(=O)=O)c(C)c1.I. The zero-order valence-corrected chi connectivity index (χ0v) is 13.7. The largest absolute Gasteiger partial charge is 0.370 e. The standard InChI is InChI=1S/C11H17N3O2S.HI/c1-8-6-9(7-14-11(12)13-2)4-5-10(8)17(3,15)16;/h4-6H,7H2,1-3H3,(H3,12,13,14);1H. The van der Waals surface area contributed by atoms with Crippen molar-refractivity contribution in [2.75, 3.05) is 13.3 Å².